The van der Waals surface area contributed by atoms with Crippen molar-refractivity contribution in [2.75, 3.05) is 6.54 Å². The smallest absolute Gasteiger partial charge is 0.435 e. The second kappa shape index (κ2) is 8.39. The summed E-state index contributed by atoms with van der Waals surface area (Å²) in [5, 5.41) is 20.6. The molecule has 0 aliphatic rings. The van der Waals surface area contributed by atoms with E-state index >= 15 is 0 Å². The number of halogens is 3. The molecule has 0 radical (unpaired) electrons. The van der Waals surface area contributed by atoms with Gasteiger partial charge in [0.25, 0.3) is 5.91 Å². The number of carbonyl (C=O) groups excluding carboxylic acids is 1. The zero-order valence-corrected chi connectivity index (χ0v) is 15.7. The van der Waals surface area contributed by atoms with Gasteiger partial charge in [-0.1, -0.05) is 0 Å². The molecule has 0 atom stereocenters. The maximum absolute atomic E-state index is 12.7. The van der Waals surface area contributed by atoms with Gasteiger partial charge < -0.3 is 9.73 Å². The van der Waals surface area contributed by atoms with Crippen LogP contribution in [0.25, 0.3) is 0 Å². The summed E-state index contributed by atoms with van der Waals surface area (Å²) in [5.74, 6) is -0.0628. The van der Waals surface area contributed by atoms with Crippen molar-refractivity contribution in [2.24, 2.45) is 0 Å². The summed E-state index contributed by atoms with van der Waals surface area (Å²) in [6, 6.07) is 3.97. The number of hydrogen-bond donors (Lipinski definition) is 1. The van der Waals surface area contributed by atoms with Crippen molar-refractivity contribution in [2.45, 2.75) is 32.6 Å². The van der Waals surface area contributed by atoms with Crippen LogP contribution in [0.5, 0.6) is 0 Å². The monoisotopic (exact) mass is 426 g/mol. The lowest BCUT2D eigenvalue weighted by Crippen LogP contribution is -2.25. The van der Waals surface area contributed by atoms with Crippen molar-refractivity contribution in [3.05, 3.63) is 63.6 Å². The van der Waals surface area contributed by atoms with Gasteiger partial charge in [0, 0.05) is 18.8 Å². The van der Waals surface area contributed by atoms with Gasteiger partial charge in [0.05, 0.1) is 11.5 Å². The van der Waals surface area contributed by atoms with Crippen LogP contribution in [0.4, 0.5) is 18.9 Å². The number of alkyl halides is 3. The Balaban J connectivity index is 1.47. The summed E-state index contributed by atoms with van der Waals surface area (Å²) in [7, 11) is 0. The summed E-state index contributed by atoms with van der Waals surface area (Å²) in [5.41, 5.74) is -0.729. The van der Waals surface area contributed by atoms with Crippen LogP contribution in [0.15, 0.2) is 35.0 Å². The molecule has 1 N–H and O–H groups in total. The maximum Gasteiger partial charge on any atom is 0.435 e. The first-order valence-electron chi connectivity index (χ1n) is 8.79. The number of rotatable bonds is 8. The van der Waals surface area contributed by atoms with Gasteiger partial charge in [-0.25, -0.2) is 0 Å². The molecule has 3 heterocycles. The van der Waals surface area contributed by atoms with Gasteiger partial charge in [-0.3, -0.25) is 24.3 Å². The average Bonchev–Trinajstić information content (AvgIpc) is 3.39. The Hall–Kier alpha value is -3.64. The highest BCUT2D eigenvalue weighted by Crippen LogP contribution is 2.28. The molecule has 0 aliphatic carbocycles. The van der Waals surface area contributed by atoms with E-state index in [2.05, 4.69) is 15.5 Å². The van der Waals surface area contributed by atoms with Crippen molar-refractivity contribution < 1.29 is 27.3 Å². The number of hydrogen-bond acceptors (Lipinski definition) is 6. The normalized spacial score (nSPS) is 11.6. The Morgan fingerprint density at radius 1 is 1.37 bits per heavy atom. The summed E-state index contributed by atoms with van der Waals surface area (Å²) < 4.78 is 45.9. The average molecular weight is 426 g/mol. The summed E-state index contributed by atoms with van der Waals surface area (Å²) in [6.45, 7) is 2.06. The lowest BCUT2D eigenvalue weighted by Gasteiger charge is -2.06. The minimum atomic E-state index is -4.50. The molecule has 3 aromatic rings. The van der Waals surface area contributed by atoms with Crippen LogP contribution >= 0.6 is 0 Å². The molecule has 0 saturated heterocycles. The predicted octanol–water partition coefficient (Wildman–Crippen LogP) is 2.78. The van der Waals surface area contributed by atoms with E-state index in [0.29, 0.717) is 17.9 Å². The molecule has 3 rings (SSSR count). The van der Waals surface area contributed by atoms with E-state index in [1.807, 2.05) is 0 Å². The standard InChI is InChI=1S/C17H17F3N6O4/c1-11-7-15(17(18,19)20)23-25(11)6-2-5-21-16(27)14-4-3-13(30-14)10-24-9-12(8-22-24)26(28)29/h3-4,7-9H,2,5-6,10H2,1H3,(H,21,27). The second-order valence-corrected chi connectivity index (χ2v) is 6.42. The molecule has 0 aromatic carbocycles. The Kier molecular flexibility index (Phi) is 5.89. The summed E-state index contributed by atoms with van der Waals surface area (Å²) in [6.07, 6.45) is -1.78. The van der Waals surface area contributed by atoms with Crippen LogP contribution in [-0.4, -0.2) is 36.9 Å². The van der Waals surface area contributed by atoms with Crippen LogP contribution in [0.2, 0.25) is 0 Å². The fraction of sp³-hybridized carbons (Fsp3) is 0.353. The Morgan fingerprint density at radius 3 is 2.77 bits per heavy atom. The van der Waals surface area contributed by atoms with Crippen LogP contribution in [-0.2, 0) is 19.3 Å². The Labute approximate surface area is 167 Å². The molecule has 1 amide bonds. The zero-order valence-electron chi connectivity index (χ0n) is 15.7. The number of aryl methyl sites for hydroxylation is 2. The fourth-order valence-corrected chi connectivity index (χ4v) is 2.67. The number of aromatic nitrogens is 4. The Morgan fingerprint density at radius 2 is 2.13 bits per heavy atom. The fourth-order valence-electron chi connectivity index (χ4n) is 2.67. The van der Waals surface area contributed by atoms with Crippen LogP contribution in [0.3, 0.4) is 0 Å². The molecule has 0 bridgehead atoms. The van der Waals surface area contributed by atoms with Gasteiger partial charge in [-0.15, -0.1) is 0 Å². The molecule has 0 saturated carbocycles. The third-order valence-electron chi connectivity index (χ3n) is 4.14. The highest BCUT2D eigenvalue weighted by atomic mass is 19.4. The van der Waals surface area contributed by atoms with E-state index in [-0.39, 0.29) is 31.1 Å². The number of amides is 1. The van der Waals surface area contributed by atoms with Crippen molar-refractivity contribution in [3.63, 3.8) is 0 Å². The minimum Gasteiger partial charge on any atom is -0.454 e. The summed E-state index contributed by atoms with van der Waals surface area (Å²) in [4.78, 5) is 22.2. The first kappa shape index (κ1) is 21.1. The first-order chi connectivity index (χ1) is 14.1. The quantitative estimate of drug-likeness (QED) is 0.336. The van der Waals surface area contributed by atoms with Gasteiger partial charge in [-0.05, 0) is 31.5 Å². The van der Waals surface area contributed by atoms with E-state index in [1.165, 1.54) is 28.6 Å². The van der Waals surface area contributed by atoms with Crippen LogP contribution in [0, 0.1) is 17.0 Å². The second-order valence-electron chi connectivity index (χ2n) is 6.42. The van der Waals surface area contributed by atoms with Crippen molar-refractivity contribution in [3.8, 4) is 0 Å². The summed E-state index contributed by atoms with van der Waals surface area (Å²) >= 11 is 0. The van der Waals surface area contributed by atoms with Crippen molar-refractivity contribution in [1.29, 1.82) is 0 Å². The van der Waals surface area contributed by atoms with Gasteiger partial charge in [0.15, 0.2) is 11.5 Å². The molecular weight excluding hydrogens is 409 g/mol. The van der Waals surface area contributed by atoms with Gasteiger partial charge >= 0.3 is 11.9 Å². The number of nitrogens with one attached hydrogen (secondary N) is 1. The van der Waals surface area contributed by atoms with Gasteiger partial charge in [0.2, 0.25) is 0 Å². The molecule has 13 heteroatoms. The van der Waals surface area contributed by atoms with E-state index in [1.54, 1.807) is 6.07 Å². The molecule has 30 heavy (non-hydrogen) atoms. The predicted molar refractivity (Wildman–Crippen MR) is 95.6 cm³/mol. The zero-order chi connectivity index (χ0) is 21.9. The Bertz CT molecular complexity index is 1050. The van der Waals surface area contributed by atoms with Gasteiger partial charge in [0.1, 0.15) is 18.2 Å². The number of carbonyl (C=O) groups is 1. The first-order valence-corrected chi connectivity index (χ1v) is 8.79. The van der Waals surface area contributed by atoms with E-state index in [0.717, 1.165) is 12.3 Å². The highest BCUT2D eigenvalue weighted by molar-refractivity contribution is 5.91. The van der Waals surface area contributed by atoms with E-state index < -0.39 is 22.7 Å². The third-order valence-corrected chi connectivity index (χ3v) is 4.14. The van der Waals surface area contributed by atoms with Crippen molar-refractivity contribution >= 4 is 11.6 Å². The SMILES string of the molecule is Cc1cc(C(F)(F)F)nn1CCCNC(=O)c1ccc(Cn2cc([N+](=O)[O-])cn2)o1. The molecule has 0 spiro atoms. The minimum absolute atomic E-state index is 0.0429. The topological polar surface area (TPSA) is 121 Å². The van der Waals surface area contributed by atoms with Crippen molar-refractivity contribution in [1.82, 2.24) is 24.9 Å². The largest absolute Gasteiger partial charge is 0.454 e. The highest BCUT2D eigenvalue weighted by Gasteiger charge is 2.34. The molecule has 10 nitrogen and oxygen atoms in total. The number of nitrogens with zero attached hydrogens (tertiary/aromatic N) is 5. The molecule has 0 fully saturated rings. The molecule has 0 aliphatic heterocycles. The molecule has 160 valence electrons. The van der Waals surface area contributed by atoms with Gasteiger partial charge in [-0.2, -0.15) is 23.4 Å². The number of furan rings is 1. The lowest BCUT2D eigenvalue weighted by molar-refractivity contribution is -0.385. The van der Waals surface area contributed by atoms with Crippen LogP contribution < -0.4 is 5.32 Å². The molecule has 3 aromatic heterocycles. The lowest BCUT2D eigenvalue weighted by atomic mass is 10.3. The third kappa shape index (κ3) is 5.04. The van der Waals surface area contributed by atoms with E-state index in [4.69, 9.17) is 4.42 Å². The number of nitro groups is 1. The van der Waals surface area contributed by atoms with Crippen LogP contribution in [0.1, 0.15) is 34.1 Å². The van der Waals surface area contributed by atoms with E-state index in [9.17, 15) is 28.1 Å². The maximum atomic E-state index is 12.7. The molecule has 0 unspecified atom stereocenters. The molecular formula is C17H17F3N6O4.